The van der Waals surface area contributed by atoms with Crippen LogP contribution in [-0.4, -0.2) is 13.1 Å². The largest absolute Gasteiger partial charge is 0.317 e. The molecule has 1 heteroatoms. The van der Waals surface area contributed by atoms with Gasteiger partial charge in [0.2, 0.25) is 0 Å². The molecule has 1 atom stereocenters. The summed E-state index contributed by atoms with van der Waals surface area (Å²) in [6.45, 7) is 13.6. The van der Waals surface area contributed by atoms with Gasteiger partial charge in [-0.3, -0.25) is 0 Å². The molecule has 0 aromatic heterocycles. The number of hydrogen-bond donors (Lipinski definition) is 1. The summed E-state index contributed by atoms with van der Waals surface area (Å²) in [6.07, 6.45) is 3.63. The van der Waals surface area contributed by atoms with Crippen molar-refractivity contribution in [3.05, 3.63) is 34.4 Å². The van der Waals surface area contributed by atoms with Gasteiger partial charge in [-0.05, 0) is 61.4 Å². The summed E-state index contributed by atoms with van der Waals surface area (Å²) in [5.74, 6) is 0. The third kappa shape index (κ3) is 4.35. The minimum absolute atomic E-state index is 0.236. The van der Waals surface area contributed by atoms with Gasteiger partial charge in [0.1, 0.15) is 0 Å². The Hall–Kier alpha value is -0.820. The van der Waals surface area contributed by atoms with Gasteiger partial charge in [-0.25, -0.2) is 0 Å². The lowest BCUT2D eigenvalue weighted by Gasteiger charge is -2.24. The maximum atomic E-state index is 3.45. The lowest BCUT2D eigenvalue weighted by molar-refractivity contribution is 0.511. The van der Waals surface area contributed by atoms with Crippen LogP contribution in [0.15, 0.2) is 12.1 Å². The highest BCUT2D eigenvalue weighted by atomic mass is 14.9. The van der Waals surface area contributed by atoms with E-state index < -0.39 is 0 Å². The van der Waals surface area contributed by atoms with Crippen LogP contribution in [0, 0.1) is 13.8 Å². The van der Waals surface area contributed by atoms with E-state index in [1.54, 1.807) is 0 Å². The predicted octanol–water partition coefficient (Wildman–Crippen LogP) is 4.53. The molecule has 0 bridgehead atoms. The highest BCUT2D eigenvalue weighted by molar-refractivity contribution is 5.40. The van der Waals surface area contributed by atoms with Crippen molar-refractivity contribution in [2.45, 2.75) is 72.3 Å². The Morgan fingerprint density at radius 1 is 1.11 bits per heavy atom. The molecule has 0 fully saturated rings. The second-order valence-corrected chi connectivity index (χ2v) is 6.82. The van der Waals surface area contributed by atoms with Crippen LogP contribution >= 0.6 is 0 Å². The number of benzene rings is 1. The summed E-state index contributed by atoms with van der Waals surface area (Å²) < 4.78 is 0. The van der Waals surface area contributed by atoms with Gasteiger partial charge in [0.05, 0.1) is 0 Å². The van der Waals surface area contributed by atoms with Gasteiger partial charge < -0.3 is 5.32 Å². The molecule has 0 saturated heterocycles. The van der Waals surface area contributed by atoms with Crippen molar-refractivity contribution in [2.75, 3.05) is 7.05 Å². The molecule has 108 valence electrons. The topological polar surface area (TPSA) is 12.0 Å². The van der Waals surface area contributed by atoms with E-state index in [1.807, 2.05) is 0 Å². The molecule has 0 amide bonds. The number of nitrogens with one attached hydrogen (secondary N) is 1. The minimum Gasteiger partial charge on any atom is -0.317 e. The summed E-state index contributed by atoms with van der Waals surface area (Å²) in [5, 5.41) is 3.45. The Kier molecular flexibility index (Phi) is 5.61. The fourth-order valence-electron chi connectivity index (χ4n) is 2.69. The van der Waals surface area contributed by atoms with Crippen molar-refractivity contribution < 1.29 is 0 Å². The Morgan fingerprint density at radius 3 is 2.00 bits per heavy atom. The normalized spacial score (nSPS) is 13.6. The summed E-state index contributed by atoms with van der Waals surface area (Å²) >= 11 is 0. The Morgan fingerprint density at radius 2 is 1.63 bits per heavy atom. The molecule has 1 aromatic carbocycles. The van der Waals surface area contributed by atoms with Crippen LogP contribution < -0.4 is 5.32 Å². The lowest BCUT2D eigenvalue weighted by atomic mass is 9.82. The van der Waals surface area contributed by atoms with Crippen molar-refractivity contribution in [1.29, 1.82) is 0 Å². The molecule has 0 aliphatic heterocycles. The smallest absolute Gasteiger partial charge is 0.0105 e. The molecular weight excluding hydrogens is 230 g/mol. The first-order valence-corrected chi connectivity index (χ1v) is 7.57. The first kappa shape index (κ1) is 16.2. The van der Waals surface area contributed by atoms with Gasteiger partial charge in [0.15, 0.2) is 0 Å². The van der Waals surface area contributed by atoms with Gasteiger partial charge in [-0.2, -0.15) is 0 Å². The Bertz CT molecular complexity index is 389. The third-order valence-electron chi connectivity index (χ3n) is 4.06. The molecule has 19 heavy (non-hydrogen) atoms. The van der Waals surface area contributed by atoms with E-state index in [9.17, 15) is 0 Å². The van der Waals surface area contributed by atoms with E-state index in [0.717, 1.165) is 6.42 Å². The van der Waals surface area contributed by atoms with E-state index >= 15 is 0 Å². The third-order valence-corrected chi connectivity index (χ3v) is 4.06. The van der Waals surface area contributed by atoms with Gasteiger partial charge >= 0.3 is 0 Å². The highest BCUT2D eigenvalue weighted by Crippen LogP contribution is 2.27. The molecule has 0 heterocycles. The Labute approximate surface area is 119 Å². The van der Waals surface area contributed by atoms with Gasteiger partial charge in [-0.15, -0.1) is 0 Å². The van der Waals surface area contributed by atoms with E-state index in [4.69, 9.17) is 0 Å². The zero-order chi connectivity index (χ0) is 14.6. The molecular formula is C18H31N. The fourth-order valence-corrected chi connectivity index (χ4v) is 2.69. The van der Waals surface area contributed by atoms with E-state index in [1.165, 1.54) is 35.1 Å². The fraction of sp³-hybridized carbons (Fsp3) is 0.667. The van der Waals surface area contributed by atoms with Crippen LogP contribution in [0.3, 0.4) is 0 Å². The molecule has 1 unspecified atom stereocenters. The molecule has 0 saturated carbocycles. The quantitative estimate of drug-likeness (QED) is 0.821. The Balaban J connectivity index is 3.03. The van der Waals surface area contributed by atoms with E-state index in [2.05, 4.69) is 66.0 Å². The molecule has 1 nitrogen and oxygen atoms in total. The van der Waals surface area contributed by atoms with Crippen LogP contribution in [0.25, 0.3) is 0 Å². The summed E-state index contributed by atoms with van der Waals surface area (Å²) in [7, 11) is 2.08. The average molecular weight is 261 g/mol. The van der Waals surface area contributed by atoms with E-state index in [0.29, 0.717) is 6.04 Å². The molecule has 0 radical (unpaired) electrons. The van der Waals surface area contributed by atoms with Crippen LogP contribution in [0.4, 0.5) is 0 Å². The zero-order valence-electron chi connectivity index (χ0n) is 13.9. The molecule has 1 rings (SSSR count). The standard InChI is InChI=1S/C18H31N/c1-8-9-16(19-7)12-17-13(2)10-15(11-14(17)3)18(4,5)6/h10-11,16,19H,8-9,12H2,1-7H3. The van der Waals surface area contributed by atoms with Crippen molar-refractivity contribution >= 4 is 0 Å². The van der Waals surface area contributed by atoms with Gasteiger partial charge in [0, 0.05) is 6.04 Å². The van der Waals surface area contributed by atoms with Crippen LogP contribution in [0.1, 0.15) is 62.8 Å². The summed E-state index contributed by atoms with van der Waals surface area (Å²) in [5.41, 5.74) is 6.10. The second kappa shape index (κ2) is 6.56. The maximum absolute atomic E-state index is 3.45. The highest BCUT2D eigenvalue weighted by Gasteiger charge is 2.17. The molecule has 0 spiro atoms. The molecule has 1 N–H and O–H groups in total. The molecule has 0 aliphatic rings. The minimum atomic E-state index is 0.236. The second-order valence-electron chi connectivity index (χ2n) is 6.82. The first-order chi connectivity index (χ1) is 8.79. The first-order valence-electron chi connectivity index (χ1n) is 7.57. The predicted molar refractivity (Wildman–Crippen MR) is 86.1 cm³/mol. The zero-order valence-corrected chi connectivity index (χ0v) is 13.9. The average Bonchev–Trinajstić information content (AvgIpc) is 2.30. The summed E-state index contributed by atoms with van der Waals surface area (Å²) in [4.78, 5) is 0. The van der Waals surface area contributed by atoms with E-state index in [-0.39, 0.29) is 5.41 Å². The van der Waals surface area contributed by atoms with Gasteiger partial charge in [-0.1, -0.05) is 46.2 Å². The summed E-state index contributed by atoms with van der Waals surface area (Å²) in [6, 6.07) is 5.35. The van der Waals surface area contributed by atoms with Gasteiger partial charge in [0.25, 0.3) is 0 Å². The van der Waals surface area contributed by atoms with Crippen LogP contribution in [0.5, 0.6) is 0 Å². The molecule has 1 aromatic rings. The van der Waals surface area contributed by atoms with Crippen LogP contribution in [-0.2, 0) is 11.8 Å². The number of aryl methyl sites for hydroxylation is 2. The van der Waals surface area contributed by atoms with Crippen molar-refractivity contribution in [1.82, 2.24) is 5.32 Å². The van der Waals surface area contributed by atoms with Crippen molar-refractivity contribution in [3.8, 4) is 0 Å². The maximum Gasteiger partial charge on any atom is 0.0105 e. The monoisotopic (exact) mass is 261 g/mol. The van der Waals surface area contributed by atoms with Crippen molar-refractivity contribution in [3.63, 3.8) is 0 Å². The number of likely N-dealkylation sites (N-methyl/N-ethyl adjacent to an activating group) is 1. The van der Waals surface area contributed by atoms with Crippen LogP contribution in [0.2, 0.25) is 0 Å². The number of hydrogen-bond acceptors (Lipinski definition) is 1. The SMILES string of the molecule is CCCC(Cc1c(C)cc(C(C)(C)C)cc1C)NC. The molecule has 0 aliphatic carbocycles. The van der Waals surface area contributed by atoms with Crippen molar-refractivity contribution in [2.24, 2.45) is 0 Å². The lowest BCUT2D eigenvalue weighted by Crippen LogP contribution is -2.28. The number of rotatable bonds is 5.